The van der Waals surface area contributed by atoms with Gasteiger partial charge in [0.05, 0.1) is 5.75 Å². The molecule has 0 unspecified atom stereocenters. The lowest BCUT2D eigenvalue weighted by Gasteiger charge is -2.12. The molecule has 0 bridgehead atoms. The summed E-state index contributed by atoms with van der Waals surface area (Å²) < 4.78 is 22.5. The van der Waals surface area contributed by atoms with Crippen molar-refractivity contribution in [2.45, 2.75) is 25.1 Å². The van der Waals surface area contributed by atoms with Crippen LogP contribution < -0.4 is 10.6 Å². The van der Waals surface area contributed by atoms with Crippen LogP contribution in [0.5, 0.6) is 0 Å². The Hall–Kier alpha value is -1.21. The Labute approximate surface area is 144 Å². The zero-order valence-electron chi connectivity index (χ0n) is 14.1. The van der Waals surface area contributed by atoms with Crippen LogP contribution in [0.1, 0.15) is 24.0 Å². The molecule has 0 fully saturated rings. The Balaban J connectivity index is 2.38. The number of hydrogen-bond acceptors (Lipinski definition) is 4. The van der Waals surface area contributed by atoms with Crippen LogP contribution in [0.25, 0.3) is 0 Å². The molecule has 0 spiro atoms. The smallest absolute Gasteiger partial charge is 0.191 e. The lowest BCUT2D eigenvalue weighted by atomic mass is 10.1. The molecular weight excluding hydrogens is 330 g/mol. The van der Waals surface area contributed by atoms with Crippen molar-refractivity contribution in [1.29, 1.82) is 0 Å². The highest BCUT2D eigenvalue weighted by molar-refractivity contribution is 7.98. The van der Waals surface area contributed by atoms with Gasteiger partial charge >= 0.3 is 0 Å². The second-order valence-electron chi connectivity index (χ2n) is 5.44. The van der Waals surface area contributed by atoms with E-state index in [-0.39, 0.29) is 5.75 Å². The summed E-state index contributed by atoms with van der Waals surface area (Å²) in [6.45, 7) is 1.57. The van der Waals surface area contributed by atoms with Gasteiger partial charge in [-0.2, -0.15) is 11.8 Å². The van der Waals surface area contributed by atoms with Gasteiger partial charge in [0.15, 0.2) is 15.8 Å². The van der Waals surface area contributed by atoms with E-state index in [1.54, 1.807) is 7.05 Å². The Morgan fingerprint density at radius 2 is 1.78 bits per heavy atom. The molecule has 0 radical (unpaired) electrons. The van der Waals surface area contributed by atoms with Gasteiger partial charge in [-0.05, 0) is 36.0 Å². The number of nitrogens with zero attached hydrogens (tertiary/aromatic N) is 1. The lowest BCUT2D eigenvalue weighted by molar-refractivity contribution is 0.601. The molecule has 2 N–H and O–H groups in total. The van der Waals surface area contributed by atoms with Crippen molar-refractivity contribution in [1.82, 2.24) is 10.6 Å². The number of benzene rings is 1. The SMILES string of the molecule is CN=C(NCCCCSC)NCc1ccc(CS(C)(=O)=O)cc1. The van der Waals surface area contributed by atoms with Gasteiger partial charge in [-0.25, -0.2) is 8.42 Å². The van der Waals surface area contributed by atoms with Crippen LogP contribution in [0, 0.1) is 0 Å². The number of rotatable bonds is 9. The van der Waals surface area contributed by atoms with Crippen molar-refractivity contribution < 1.29 is 8.42 Å². The largest absolute Gasteiger partial charge is 0.356 e. The second kappa shape index (κ2) is 10.5. The van der Waals surface area contributed by atoms with Gasteiger partial charge in [-0.15, -0.1) is 0 Å². The van der Waals surface area contributed by atoms with E-state index in [0.717, 1.165) is 30.1 Å². The van der Waals surface area contributed by atoms with Crippen molar-refractivity contribution in [2.24, 2.45) is 4.99 Å². The van der Waals surface area contributed by atoms with Crippen LogP contribution >= 0.6 is 11.8 Å². The highest BCUT2D eigenvalue weighted by Crippen LogP contribution is 2.07. The standard InChI is InChI=1S/C16H27N3O2S2/c1-17-16(18-10-4-5-11-22-2)19-12-14-6-8-15(9-7-14)13-23(3,20)21/h6-9H,4-5,10-13H2,1-3H3,(H2,17,18,19). The molecule has 23 heavy (non-hydrogen) atoms. The maximum absolute atomic E-state index is 11.3. The van der Waals surface area contributed by atoms with Crippen molar-refractivity contribution in [3.63, 3.8) is 0 Å². The fourth-order valence-corrected chi connectivity index (χ4v) is 3.33. The summed E-state index contributed by atoms with van der Waals surface area (Å²) in [7, 11) is -1.23. The van der Waals surface area contributed by atoms with Crippen LogP contribution in [0.15, 0.2) is 29.3 Å². The van der Waals surface area contributed by atoms with Gasteiger partial charge in [0.25, 0.3) is 0 Å². The van der Waals surface area contributed by atoms with E-state index in [9.17, 15) is 8.42 Å². The minimum Gasteiger partial charge on any atom is -0.356 e. The molecule has 5 nitrogen and oxygen atoms in total. The normalized spacial score (nSPS) is 12.2. The maximum atomic E-state index is 11.3. The van der Waals surface area contributed by atoms with Gasteiger partial charge in [-0.1, -0.05) is 24.3 Å². The quantitative estimate of drug-likeness (QED) is 0.402. The molecule has 0 saturated carbocycles. The lowest BCUT2D eigenvalue weighted by Crippen LogP contribution is -2.37. The summed E-state index contributed by atoms with van der Waals surface area (Å²) in [6, 6.07) is 7.60. The Bertz CT molecular complexity index is 584. The minimum absolute atomic E-state index is 0.0833. The Morgan fingerprint density at radius 1 is 1.13 bits per heavy atom. The van der Waals surface area contributed by atoms with Gasteiger partial charge in [0.1, 0.15) is 0 Å². The van der Waals surface area contributed by atoms with Crippen LogP contribution in [0.4, 0.5) is 0 Å². The summed E-state index contributed by atoms with van der Waals surface area (Å²) in [5, 5.41) is 6.55. The molecule has 0 atom stereocenters. The van der Waals surface area contributed by atoms with Gasteiger partial charge in [-0.3, -0.25) is 4.99 Å². The number of guanidine groups is 1. The highest BCUT2D eigenvalue weighted by Gasteiger charge is 2.04. The summed E-state index contributed by atoms with van der Waals surface area (Å²) >= 11 is 1.87. The molecule has 1 aromatic carbocycles. The van der Waals surface area contributed by atoms with E-state index >= 15 is 0 Å². The average molecular weight is 358 g/mol. The number of aliphatic imine (C=N–C) groups is 1. The molecule has 0 amide bonds. The van der Waals surface area contributed by atoms with Crippen LogP contribution in [-0.4, -0.2) is 46.2 Å². The number of unbranched alkanes of at least 4 members (excludes halogenated alkanes) is 1. The van der Waals surface area contributed by atoms with Crippen LogP contribution in [0.3, 0.4) is 0 Å². The molecule has 0 saturated heterocycles. The molecule has 1 rings (SSSR count). The number of nitrogens with one attached hydrogen (secondary N) is 2. The molecule has 7 heteroatoms. The van der Waals surface area contributed by atoms with Crippen LogP contribution in [0.2, 0.25) is 0 Å². The topological polar surface area (TPSA) is 70.6 Å². The second-order valence-corrected chi connectivity index (χ2v) is 8.56. The third-order valence-corrected chi connectivity index (χ3v) is 4.76. The first kappa shape index (κ1) is 19.8. The van der Waals surface area contributed by atoms with Gasteiger partial charge in [0.2, 0.25) is 0 Å². The highest BCUT2D eigenvalue weighted by atomic mass is 32.2. The average Bonchev–Trinajstić information content (AvgIpc) is 2.50. The Kier molecular flexibility index (Phi) is 9.09. The van der Waals surface area contributed by atoms with Crippen molar-refractivity contribution in [2.75, 3.05) is 31.9 Å². The first-order valence-electron chi connectivity index (χ1n) is 7.63. The number of hydrogen-bond donors (Lipinski definition) is 2. The van der Waals surface area contributed by atoms with Crippen molar-refractivity contribution in [3.05, 3.63) is 35.4 Å². The van der Waals surface area contributed by atoms with E-state index < -0.39 is 9.84 Å². The van der Waals surface area contributed by atoms with E-state index in [2.05, 4.69) is 21.9 Å². The van der Waals surface area contributed by atoms with Gasteiger partial charge in [0, 0.05) is 26.4 Å². The zero-order chi connectivity index (χ0) is 17.1. The summed E-state index contributed by atoms with van der Waals surface area (Å²) in [4.78, 5) is 4.20. The van der Waals surface area contributed by atoms with E-state index in [1.807, 2.05) is 36.0 Å². The predicted molar refractivity (Wildman–Crippen MR) is 101 cm³/mol. The fraction of sp³-hybridized carbons (Fsp3) is 0.562. The fourth-order valence-electron chi connectivity index (χ4n) is 2.04. The third kappa shape index (κ3) is 9.50. The third-order valence-electron chi connectivity index (χ3n) is 3.20. The van der Waals surface area contributed by atoms with E-state index in [0.29, 0.717) is 6.54 Å². The zero-order valence-corrected chi connectivity index (χ0v) is 15.8. The number of thioether (sulfide) groups is 1. The molecular formula is C16H27N3O2S2. The van der Waals surface area contributed by atoms with Crippen LogP contribution in [-0.2, 0) is 22.1 Å². The molecule has 0 heterocycles. The summed E-state index contributed by atoms with van der Waals surface area (Å²) in [6.07, 6.45) is 5.70. The molecule has 0 aliphatic carbocycles. The predicted octanol–water partition coefficient (Wildman–Crippen LogP) is 2.04. The van der Waals surface area contributed by atoms with E-state index in [4.69, 9.17) is 0 Å². The minimum atomic E-state index is -2.98. The molecule has 0 aromatic heterocycles. The van der Waals surface area contributed by atoms with Crippen molar-refractivity contribution >= 4 is 27.6 Å². The summed E-state index contributed by atoms with van der Waals surface area (Å²) in [5.41, 5.74) is 1.90. The maximum Gasteiger partial charge on any atom is 0.191 e. The van der Waals surface area contributed by atoms with E-state index in [1.165, 1.54) is 18.4 Å². The van der Waals surface area contributed by atoms with Crippen molar-refractivity contribution in [3.8, 4) is 0 Å². The first-order chi connectivity index (χ1) is 10.9. The Morgan fingerprint density at radius 3 is 2.35 bits per heavy atom. The monoisotopic (exact) mass is 357 g/mol. The molecule has 130 valence electrons. The molecule has 0 aliphatic rings. The molecule has 1 aromatic rings. The number of sulfone groups is 1. The molecule has 0 aliphatic heterocycles. The first-order valence-corrected chi connectivity index (χ1v) is 11.1. The van der Waals surface area contributed by atoms with Gasteiger partial charge < -0.3 is 10.6 Å². The summed E-state index contributed by atoms with van der Waals surface area (Å²) in [5.74, 6) is 2.06.